The Morgan fingerprint density at radius 3 is 1.39 bits per heavy atom. The van der Waals surface area contributed by atoms with Crippen molar-refractivity contribution in [1.82, 2.24) is 70.4 Å². The molecule has 7 aromatic rings. The molecular weight excluding hydrogens is 1030 g/mol. The molecule has 0 saturated heterocycles. The molecule has 1 aliphatic rings. The first-order valence-corrected chi connectivity index (χ1v) is 25.5. The maximum atomic E-state index is 12.5. The molecular formula is C52H74F6N14O4S. The third kappa shape index (κ3) is 31.8. The molecule has 1 unspecified atom stereocenters. The normalized spacial score (nSPS) is 12.0. The van der Waals surface area contributed by atoms with Crippen LogP contribution in [-0.4, -0.2) is 88.3 Å². The zero-order chi connectivity index (χ0) is 58.5. The molecule has 0 radical (unpaired) electrons. The number of hydrogen-bond donors (Lipinski definition) is 0. The quantitative estimate of drug-likeness (QED) is 0.0914. The smallest absolute Gasteiger partial charge is 0.303 e. The van der Waals surface area contributed by atoms with Crippen LogP contribution < -0.4 is 0 Å². The van der Waals surface area contributed by atoms with Crippen molar-refractivity contribution in [2.45, 2.75) is 192 Å². The lowest BCUT2D eigenvalue weighted by molar-refractivity contribution is -0.164. The maximum absolute atomic E-state index is 12.5. The van der Waals surface area contributed by atoms with Crippen molar-refractivity contribution >= 4 is 17.3 Å². The van der Waals surface area contributed by atoms with Gasteiger partial charge >= 0.3 is 5.97 Å². The molecule has 424 valence electrons. The standard InChI is InChI=1S/C8H10N2.C8H12N2.C7H8F2N2.C6H10F2O2.2C6H10N2O.C6H8N2.C5H6F2N2S/c1-6-9-4-8(5-10-6)7-2-3-7;1-3-4-8-5-9-7(2)10-6-8;1-5-10-3-6(4-11-5)7(2,8)9;1-4(6(3,7)8)10-5(2)9;1-4(2)6-7-5(3)9-8-6;1-3-4-6-7-5(2)9-8-6;1-5-3-7-6(2)8-4-5;1-3-8-9-4(10-3)5(2,6)7/h4-5,7H,2-3H2,1H3;5-6H,3-4H2,1-2H3;3-4H,1-2H3;4H,1-3H3;4H,1-3H3;3-4H2,1-2H3;3-4H,1-2H3;1-2H3. The van der Waals surface area contributed by atoms with Crippen molar-refractivity contribution in [3.63, 3.8) is 0 Å². The van der Waals surface area contributed by atoms with Crippen LogP contribution in [0.4, 0.5) is 26.3 Å². The van der Waals surface area contributed by atoms with E-state index in [0.29, 0.717) is 35.5 Å². The van der Waals surface area contributed by atoms with Crippen molar-refractivity contribution in [2.24, 2.45) is 0 Å². The van der Waals surface area contributed by atoms with Crippen LogP contribution >= 0.6 is 11.3 Å². The van der Waals surface area contributed by atoms with Gasteiger partial charge in [0.25, 0.3) is 17.8 Å². The van der Waals surface area contributed by atoms with Gasteiger partial charge in [0.2, 0.25) is 11.8 Å². The largest absolute Gasteiger partial charge is 0.456 e. The summed E-state index contributed by atoms with van der Waals surface area (Å²) in [6.45, 7) is 27.4. The van der Waals surface area contributed by atoms with Crippen LogP contribution in [0.1, 0.15) is 179 Å². The van der Waals surface area contributed by atoms with Crippen LogP contribution in [0.25, 0.3) is 0 Å². The van der Waals surface area contributed by atoms with E-state index in [4.69, 9.17) is 9.05 Å². The Balaban J connectivity index is 0.000000441. The van der Waals surface area contributed by atoms with Gasteiger partial charge in [0, 0.05) is 103 Å². The molecule has 8 rings (SSSR count). The number of ether oxygens (including phenoxy) is 1. The predicted molar refractivity (Wildman–Crippen MR) is 280 cm³/mol. The second-order valence-electron chi connectivity index (χ2n) is 18.0. The van der Waals surface area contributed by atoms with E-state index in [0.717, 1.165) is 118 Å². The fourth-order valence-corrected chi connectivity index (χ4v) is 5.61. The van der Waals surface area contributed by atoms with Crippen molar-refractivity contribution in [2.75, 3.05) is 0 Å². The number of carbonyl (C=O) groups is 1. The first-order chi connectivity index (χ1) is 35.8. The summed E-state index contributed by atoms with van der Waals surface area (Å²) in [6.07, 6.45) is 19.1. The zero-order valence-electron chi connectivity index (χ0n) is 47.2. The Kier molecular flexibility index (Phi) is 30.2. The Morgan fingerprint density at radius 2 is 1.09 bits per heavy atom. The number of esters is 1. The molecule has 0 spiro atoms. The monoisotopic (exact) mass is 1100 g/mol. The molecule has 1 atom stereocenters. The van der Waals surface area contributed by atoms with E-state index in [1.165, 1.54) is 24.0 Å². The molecule has 7 heterocycles. The van der Waals surface area contributed by atoms with E-state index in [-0.39, 0.29) is 10.6 Å². The number of nitrogens with zero attached hydrogens (tertiary/aromatic N) is 14. The van der Waals surface area contributed by atoms with Crippen molar-refractivity contribution in [1.29, 1.82) is 0 Å². The van der Waals surface area contributed by atoms with Gasteiger partial charge in [-0.2, -0.15) is 18.7 Å². The molecule has 25 heteroatoms. The number of carbonyl (C=O) groups excluding carboxylic acids is 1. The van der Waals surface area contributed by atoms with Crippen LogP contribution in [0.2, 0.25) is 0 Å². The lowest BCUT2D eigenvalue weighted by Gasteiger charge is -2.18. The summed E-state index contributed by atoms with van der Waals surface area (Å²) >= 11 is 0.922. The van der Waals surface area contributed by atoms with Crippen molar-refractivity contribution in [3.8, 4) is 0 Å². The Bertz CT molecular complexity index is 2650. The summed E-state index contributed by atoms with van der Waals surface area (Å²) < 4.78 is 87.9. The second kappa shape index (κ2) is 34.1. The van der Waals surface area contributed by atoms with Gasteiger partial charge in [-0.15, -0.1) is 10.2 Å². The minimum Gasteiger partial charge on any atom is -0.456 e. The predicted octanol–water partition coefficient (Wildman–Crippen LogP) is 12.8. The van der Waals surface area contributed by atoms with E-state index < -0.39 is 29.8 Å². The SMILES string of the molecule is CC(=O)OC(C)C(C)(F)F.CCCc1cnc(C)nc1.CCCc1noc(C)n1.Cc1cnc(C)nc1.Cc1nc(C(C)C)no1.Cc1ncc(C(C)(F)F)cn1.Cc1ncc(C2CC2)cn1.Cc1nnc(C(C)(F)F)s1. The van der Waals surface area contributed by atoms with Crippen LogP contribution in [0.5, 0.6) is 0 Å². The van der Waals surface area contributed by atoms with Crippen LogP contribution in [0.3, 0.4) is 0 Å². The fourth-order valence-electron chi connectivity index (χ4n) is 4.99. The summed E-state index contributed by atoms with van der Waals surface area (Å²) in [6, 6.07) is 0. The van der Waals surface area contributed by atoms with Gasteiger partial charge in [-0.05, 0) is 96.8 Å². The van der Waals surface area contributed by atoms with Gasteiger partial charge in [0.15, 0.2) is 22.8 Å². The number of halogens is 6. The first kappa shape index (κ1) is 68.2. The summed E-state index contributed by atoms with van der Waals surface area (Å²) in [5.41, 5.74) is 3.50. The minimum absolute atomic E-state index is 0.150. The van der Waals surface area contributed by atoms with Gasteiger partial charge in [-0.3, -0.25) is 4.79 Å². The van der Waals surface area contributed by atoms with Crippen LogP contribution in [-0.2, 0) is 34.2 Å². The van der Waals surface area contributed by atoms with Gasteiger partial charge in [-0.25, -0.2) is 57.4 Å². The zero-order valence-corrected chi connectivity index (χ0v) is 48.0. The topological polar surface area (TPSA) is 233 Å². The van der Waals surface area contributed by atoms with Crippen LogP contribution in [0.15, 0.2) is 58.6 Å². The Hall–Kier alpha value is -6.79. The summed E-state index contributed by atoms with van der Waals surface area (Å²) in [5.74, 6) is -2.25. The highest BCUT2D eigenvalue weighted by Crippen LogP contribution is 2.39. The number of aromatic nitrogens is 14. The highest BCUT2D eigenvalue weighted by atomic mass is 32.1. The van der Waals surface area contributed by atoms with Gasteiger partial charge < -0.3 is 13.8 Å². The fraction of sp³-hybridized carbons (Fsp3) is 0.558. The van der Waals surface area contributed by atoms with Gasteiger partial charge in [-0.1, -0.05) is 55.8 Å². The number of rotatable bonds is 10. The Labute approximate surface area is 451 Å². The third-order valence-electron chi connectivity index (χ3n) is 9.48. The van der Waals surface area contributed by atoms with E-state index in [1.54, 1.807) is 27.7 Å². The van der Waals surface area contributed by atoms with E-state index >= 15 is 0 Å². The van der Waals surface area contributed by atoms with E-state index in [1.807, 2.05) is 78.7 Å². The van der Waals surface area contributed by atoms with Crippen LogP contribution in [0, 0.1) is 55.4 Å². The van der Waals surface area contributed by atoms with E-state index in [9.17, 15) is 31.1 Å². The third-order valence-corrected chi connectivity index (χ3v) is 10.5. The highest BCUT2D eigenvalue weighted by Gasteiger charge is 2.32. The average molecular weight is 1110 g/mol. The molecule has 1 saturated carbocycles. The summed E-state index contributed by atoms with van der Waals surface area (Å²) in [5, 5.41) is 14.6. The maximum Gasteiger partial charge on any atom is 0.303 e. The number of aryl methyl sites for hydroxylation is 10. The number of hydrogen-bond acceptors (Lipinski definition) is 19. The van der Waals surface area contributed by atoms with Gasteiger partial charge in [0.1, 0.15) is 28.3 Å². The van der Waals surface area contributed by atoms with Crippen molar-refractivity contribution < 1.29 is 44.9 Å². The summed E-state index contributed by atoms with van der Waals surface area (Å²) in [4.78, 5) is 49.9. The molecule has 0 aliphatic heterocycles. The molecule has 77 heavy (non-hydrogen) atoms. The lowest BCUT2D eigenvalue weighted by Crippen LogP contribution is -2.31. The first-order valence-electron chi connectivity index (χ1n) is 24.6. The molecule has 1 aliphatic carbocycles. The molecule has 7 aromatic heterocycles. The number of alkyl halides is 6. The van der Waals surface area contributed by atoms with E-state index in [2.05, 4.69) is 88.9 Å². The average Bonchev–Trinajstić information content (AvgIpc) is 3.69. The Morgan fingerprint density at radius 1 is 0.636 bits per heavy atom. The lowest BCUT2D eigenvalue weighted by atomic mass is 10.2. The molecule has 0 amide bonds. The molecule has 0 aromatic carbocycles. The van der Waals surface area contributed by atoms with Crippen molar-refractivity contribution in [3.05, 3.63) is 129 Å². The van der Waals surface area contributed by atoms with Gasteiger partial charge in [0.05, 0.1) is 5.56 Å². The molecule has 0 N–H and O–H groups in total. The second-order valence-corrected chi connectivity index (χ2v) is 19.2. The molecule has 0 bridgehead atoms. The highest BCUT2D eigenvalue weighted by molar-refractivity contribution is 7.11. The minimum atomic E-state index is -2.95. The molecule has 18 nitrogen and oxygen atoms in total. The summed E-state index contributed by atoms with van der Waals surface area (Å²) in [7, 11) is 0. The molecule has 1 fully saturated rings.